The van der Waals surface area contributed by atoms with Gasteiger partial charge in [0, 0.05) is 27.6 Å². The van der Waals surface area contributed by atoms with Crippen molar-refractivity contribution < 1.29 is 0 Å². The summed E-state index contributed by atoms with van der Waals surface area (Å²) in [5, 5.41) is 0. The van der Waals surface area contributed by atoms with E-state index < -0.39 is 0 Å². The lowest BCUT2D eigenvalue weighted by molar-refractivity contribution is 0.291. The fraction of sp³-hybridized carbons (Fsp3) is 0.236. The highest BCUT2D eigenvalue weighted by Gasteiger charge is 2.52. The van der Waals surface area contributed by atoms with Gasteiger partial charge in [-0.25, -0.2) is 0 Å². The average Bonchev–Trinajstić information content (AvgIpc) is 3.84. The van der Waals surface area contributed by atoms with E-state index in [4.69, 9.17) is 0 Å². The van der Waals surface area contributed by atoms with Gasteiger partial charge in [0.1, 0.15) is 0 Å². The van der Waals surface area contributed by atoms with Gasteiger partial charge in [-0.05, 0) is 144 Å². The van der Waals surface area contributed by atoms with Crippen LogP contribution in [0.25, 0.3) is 39.0 Å². The molecule has 0 heterocycles. The van der Waals surface area contributed by atoms with Crippen LogP contribution >= 0.6 is 0 Å². The van der Waals surface area contributed by atoms with Crippen molar-refractivity contribution in [3.63, 3.8) is 0 Å². The first kappa shape index (κ1) is 33.7. The van der Waals surface area contributed by atoms with Crippen molar-refractivity contribution in [1.82, 2.24) is 0 Å². The summed E-state index contributed by atoms with van der Waals surface area (Å²) >= 11 is 0. The van der Waals surface area contributed by atoms with E-state index in [9.17, 15) is 0 Å². The van der Waals surface area contributed by atoms with Crippen LogP contribution in [0.2, 0.25) is 0 Å². The Kier molecular flexibility index (Phi) is 7.47. The van der Waals surface area contributed by atoms with E-state index in [2.05, 4.69) is 178 Å². The first-order valence-electron chi connectivity index (χ1n) is 20.9. The molecule has 5 aliphatic carbocycles. The lowest BCUT2D eigenvalue weighted by atomic mass is 9.61. The molecule has 1 nitrogen and oxygen atoms in total. The Bertz CT molecular complexity index is 2710. The number of anilines is 3. The highest BCUT2D eigenvalue weighted by Crippen LogP contribution is 2.63. The zero-order chi connectivity index (χ0) is 37.8. The zero-order valence-corrected chi connectivity index (χ0v) is 33.1. The Morgan fingerprint density at radius 3 is 2.12 bits per heavy atom. The topological polar surface area (TPSA) is 3.24 Å². The summed E-state index contributed by atoms with van der Waals surface area (Å²) in [7, 11) is 0. The second-order valence-corrected chi connectivity index (χ2v) is 17.6. The molecule has 274 valence electrons. The summed E-state index contributed by atoms with van der Waals surface area (Å²) in [4.78, 5) is 2.59. The zero-order valence-electron chi connectivity index (χ0n) is 33.1. The molecular weight excluding hydrogens is 675 g/mol. The third-order valence-electron chi connectivity index (χ3n) is 14.4. The molecule has 0 aromatic heterocycles. The summed E-state index contributed by atoms with van der Waals surface area (Å²) in [5.74, 6) is 0.643. The Labute approximate surface area is 332 Å². The van der Waals surface area contributed by atoms with Gasteiger partial charge in [-0.1, -0.05) is 146 Å². The second-order valence-electron chi connectivity index (χ2n) is 17.6. The maximum absolute atomic E-state index is 2.59. The van der Waals surface area contributed by atoms with Gasteiger partial charge in [-0.3, -0.25) is 0 Å². The third-order valence-corrected chi connectivity index (χ3v) is 14.4. The lowest BCUT2D eigenvalue weighted by Gasteiger charge is -2.41. The van der Waals surface area contributed by atoms with Crippen LogP contribution in [-0.2, 0) is 10.8 Å². The van der Waals surface area contributed by atoms with E-state index in [0.717, 1.165) is 12.8 Å². The van der Waals surface area contributed by atoms with Crippen molar-refractivity contribution in [2.24, 2.45) is 5.92 Å². The van der Waals surface area contributed by atoms with E-state index in [1.807, 2.05) is 0 Å². The quantitative estimate of drug-likeness (QED) is 0.160. The van der Waals surface area contributed by atoms with Crippen LogP contribution in [0.15, 0.2) is 157 Å². The number of aryl methyl sites for hydroxylation is 1. The smallest absolute Gasteiger partial charge is 0.0543 e. The molecular formula is C55H49N. The minimum atomic E-state index is -0.0984. The molecule has 2 unspecified atom stereocenters. The minimum absolute atomic E-state index is 0.0857. The van der Waals surface area contributed by atoms with Crippen molar-refractivity contribution in [2.45, 2.75) is 77.0 Å². The van der Waals surface area contributed by atoms with Crippen LogP contribution in [0.1, 0.15) is 92.7 Å². The van der Waals surface area contributed by atoms with Gasteiger partial charge in [-0.15, -0.1) is 0 Å². The second kappa shape index (κ2) is 12.4. The minimum Gasteiger partial charge on any atom is -0.309 e. The molecule has 11 rings (SSSR count). The highest BCUT2D eigenvalue weighted by molar-refractivity contribution is 6.00. The molecule has 1 spiro atoms. The van der Waals surface area contributed by atoms with Gasteiger partial charge in [0.25, 0.3) is 0 Å². The molecule has 0 aliphatic heterocycles. The van der Waals surface area contributed by atoms with Gasteiger partial charge in [-0.2, -0.15) is 0 Å². The summed E-state index contributed by atoms with van der Waals surface area (Å²) in [5.41, 5.74) is 24.8. The molecule has 6 aromatic carbocycles. The number of benzene rings is 6. The van der Waals surface area contributed by atoms with Gasteiger partial charge in [0.05, 0.1) is 11.4 Å². The number of nitrogens with zero attached hydrogens (tertiary/aromatic N) is 1. The number of allylic oxidation sites excluding steroid dienone is 6. The Morgan fingerprint density at radius 2 is 1.29 bits per heavy atom. The molecule has 6 aromatic rings. The van der Waals surface area contributed by atoms with Gasteiger partial charge >= 0.3 is 0 Å². The van der Waals surface area contributed by atoms with Crippen molar-refractivity contribution in [1.29, 1.82) is 0 Å². The number of fused-ring (bicyclic) bond motifs is 11. The molecule has 2 bridgehead atoms. The maximum Gasteiger partial charge on any atom is 0.0543 e. The Balaban J connectivity index is 1.16. The van der Waals surface area contributed by atoms with E-state index in [1.165, 1.54) is 110 Å². The highest BCUT2D eigenvalue weighted by atomic mass is 15.1. The monoisotopic (exact) mass is 723 g/mol. The predicted octanol–water partition coefficient (Wildman–Crippen LogP) is 15.0. The van der Waals surface area contributed by atoms with Gasteiger partial charge in [0.15, 0.2) is 0 Å². The molecule has 1 saturated carbocycles. The molecule has 56 heavy (non-hydrogen) atoms. The summed E-state index contributed by atoms with van der Waals surface area (Å²) < 4.78 is 0. The predicted molar refractivity (Wildman–Crippen MR) is 236 cm³/mol. The number of rotatable bonds is 5. The van der Waals surface area contributed by atoms with Crippen LogP contribution in [-0.4, -0.2) is 0 Å². The maximum atomic E-state index is 2.59. The van der Waals surface area contributed by atoms with Crippen LogP contribution < -0.4 is 4.90 Å². The molecule has 0 saturated heterocycles. The standard InChI is InChI=1S/C55H49N/c1-35-15-5-6-19-41(35)51-36(2)16-11-27-49(51)56(50-28-14-25-47-53(50)43-20-7-9-23-45(43)54(47,3)4)40-18-12-17-38(34-40)42-22-13-26-48-52(42)44-21-8-10-24-46(44)55(48)32-31-37-29-30-39(55)33-37/h6-14,16-29,34,39H,5,15,30-33H2,1-4H3. The SMILES string of the molecule is CC1=C(c2c(C)cccc2N(c2cccc(-c3cccc4c3-c3ccccc3C43CCC4=CCC3C4)c2)c2cccc3c2-c2ccccc2C3(C)C)C=CCC1. The van der Waals surface area contributed by atoms with E-state index in [1.54, 1.807) is 16.7 Å². The van der Waals surface area contributed by atoms with Crippen LogP contribution in [0.4, 0.5) is 17.1 Å². The first-order valence-corrected chi connectivity index (χ1v) is 20.9. The van der Waals surface area contributed by atoms with E-state index in [0.29, 0.717) is 5.92 Å². The van der Waals surface area contributed by atoms with E-state index >= 15 is 0 Å². The van der Waals surface area contributed by atoms with Crippen LogP contribution in [0.3, 0.4) is 0 Å². The number of hydrogen-bond acceptors (Lipinski definition) is 1. The van der Waals surface area contributed by atoms with Crippen molar-refractivity contribution in [3.05, 3.63) is 190 Å². The summed E-state index contributed by atoms with van der Waals surface area (Å²) in [6, 6.07) is 49.0. The normalized spacial score (nSPS) is 20.8. The average molecular weight is 724 g/mol. The summed E-state index contributed by atoms with van der Waals surface area (Å²) in [6.45, 7) is 9.40. The molecule has 1 heteroatoms. The molecule has 2 atom stereocenters. The summed E-state index contributed by atoms with van der Waals surface area (Å²) in [6.07, 6.45) is 14.4. The fourth-order valence-electron chi connectivity index (χ4n) is 11.7. The first-order chi connectivity index (χ1) is 27.4. The molecule has 1 fully saturated rings. The fourth-order valence-corrected chi connectivity index (χ4v) is 11.7. The molecule has 5 aliphatic rings. The molecule has 0 amide bonds. The van der Waals surface area contributed by atoms with Crippen LogP contribution in [0, 0.1) is 12.8 Å². The van der Waals surface area contributed by atoms with Gasteiger partial charge in [0.2, 0.25) is 0 Å². The van der Waals surface area contributed by atoms with E-state index in [-0.39, 0.29) is 10.8 Å². The van der Waals surface area contributed by atoms with Crippen LogP contribution in [0.5, 0.6) is 0 Å². The Hall–Kier alpha value is -5.66. The van der Waals surface area contributed by atoms with Gasteiger partial charge < -0.3 is 4.90 Å². The third kappa shape index (κ3) is 4.67. The molecule has 0 N–H and O–H groups in total. The molecule has 0 radical (unpaired) electrons. The van der Waals surface area contributed by atoms with Crippen molar-refractivity contribution in [3.8, 4) is 33.4 Å². The largest absolute Gasteiger partial charge is 0.309 e. The number of hydrogen-bond donors (Lipinski definition) is 0. The Morgan fingerprint density at radius 1 is 0.607 bits per heavy atom. The lowest BCUT2D eigenvalue weighted by Crippen LogP contribution is -2.36. The van der Waals surface area contributed by atoms with Crippen molar-refractivity contribution >= 4 is 22.6 Å². The van der Waals surface area contributed by atoms with Crippen molar-refractivity contribution in [2.75, 3.05) is 4.90 Å².